The van der Waals surface area contributed by atoms with Crippen LogP contribution in [-0.2, 0) is 0 Å². The van der Waals surface area contributed by atoms with Crippen molar-refractivity contribution < 1.29 is 4.39 Å². The van der Waals surface area contributed by atoms with Crippen molar-refractivity contribution in [1.82, 2.24) is 10.3 Å². The smallest absolute Gasteiger partial charge is 0.174 e. The lowest BCUT2D eigenvalue weighted by Crippen LogP contribution is -2.29. The van der Waals surface area contributed by atoms with E-state index in [0.717, 1.165) is 11.4 Å². The van der Waals surface area contributed by atoms with Gasteiger partial charge in [-0.3, -0.25) is 4.98 Å². The van der Waals surface area contributed by atoms with E-state index in [0.29, 0.717) is 5.11 Å². The monoisotopic (exact) mass is 355 g/mol. The molecule has 1 aliphatic heterocycles. The first-order valence-electron chi connectivity index (χ1n) is 7.53. The predicted octanol–water partition coefficient (Wildman–Crippen LogP) is 4.46. The molecule has 3 heterocycles. The highest BCUT2D eigenvalue weighted by atomic mass is 32.1. The summed E-state index contributed by atoms with van der Waals surface area (Å²) in [6.45, 7) is 0. The SMILES string of the molecule is Fc1ccc(N2C(=S)N[C@H](c3ccccn3)[C@@H]2c2cccs2)cc1. The third-order valence-corrected chi connectivity index (χ3v) is 5.30. The van der Waals surface area contributed by atoms with Crippen LogP contribution in [0.2, 0.25) is 0 Å². The molecule has 1 aromatic carbocycles. The summed E-state index contributed by atoms with van der Waals surface area (Å²) in [7, 11) is 0. The zero-order chi connectivity index (χ0) is 16.5. The van der Waals surface area contributed by atoms with Crippen molar-refractivity contribution in [3.05, 3.63) is 82.6 Å². The maximum absolute atomic E-state index is 13.3. The van der Waals surface area contributed by atoms with E-state index in [-0.39, 0.29) is 17.9 Å². The van der Waals surface area contributed by atoms with Crippen molar-refractivity contribution in [3.8, 4) is 0 Å². The predicted molar refractivity (Wildman–Crippen MR) is 98.7 cm³/mol. The molecule has 4 rings (SSSR count). The van der Waals surface area contributed by atoms with Crippen molar-refractivity contribution in [2.75, 3.05) is 4.90 Å². The first-order chi connectivity index (χ1) is 11.7. The van der Waals surface area contributed by atoms with Gasteiger partial charge in [-0.1, -0.05) is 12.1 Å². The average Bonchev–Trinajstić information content (AvgIpc) is 3.24. The van der Waals surface area contributed by atoms with Crippen molar-refractivity contribution in [2.24, 2.45) is 0 Å². The first kappa shape index (κ1) is 15.2. The number of thiophene rings is 1. The molecule has 2 atom stereocenters. The first-order valence-corrected chi connectivity index (χ1v) is 8.82. The summed E-state index contributed by atoms with van der Waals surface area (Å²) in [5.74, 6) is -0.259. The fourth-order valence-electron chi connectivity index (χ4n) is 2.98. The topological polar surface area (TPSA) is 28.2 Å². The molecule has 2 aromatic heterocycles. The van der Waals surface area contributed by atoms with E-state index in [9.17, 15) is 4.39 Å². The second kappa shape index (κ2) is 6.30. The molecule has 0 amide bonds. The summed E-state index contributed by atoms with van der Waals surface area (Å²) in [5.41, 5.74) is 1.80. The van der Waals surface area contributed by atoms with Gasteiger partial charge in [-0.15, -0.1) is 11.3 Å². The molecule has 6 heteroatoms. The van der Waals surface area contributed by atoms with Gasteiger partial charge < -0.3 is 10.2 Å². The molecule has 1 saturated heterocycles. The number of anilines is 1. The van der Waals surface area contributed by atoms with Gasteiger partial charge in [0, 0.05) is 16.8 Å². The molecule has 0 saturated carbocycles. The summed E-state index contributed by atoms with van der Waals surface area (Å²) >= 11 is 7.26. The molecular weight excluding hydrogens is 341 g/mol. The van der Waals surface area contributed by atoms with Gasteiger partial charge in [-0.25, -0.2) is 4.39 Å². The minimum atomic E-state index is -0.259. The van der Waals surface area contributed by atoms with E-state index in [1.165, 1.54) is 17.0 Å². The molecule has 120 valence electrons. The molecule has 0 unspecified atom stereocenters. The van der Waals surface area contributed by atoms with Crippen LogP contribution in [-0.4, -0.2) is 10.1 Å². The van der Waals surface area contributed by atoms with Crippen LogP contribution in [0.4, 0.5) is 10.1 Å². The number of pyridine rings is 1. The number of hydrogen-bond acceptors (Lipinski definition) is 3. The Bertz CT molecular complexity index is 834. The van der Waals surface area contributed by atoms with E-state index >= 15 is 0 Å². The lowest BCUT2D eigenvalue weighted by atomic mass is 10.0. The van der Waals surface area contributed by atoms with Crippen molar-refractivity contribution in [3.63, 3.8) is 0 Å². The van der Waals surface area contributed by atoms with E-state index in [2.05, 4.69) is 21.7 Å². The number of thiocarbonyl (C=S) groups is 1. The Balaban J connectivity index is 1.80. The fourth-order valence-corrected chi connectivity index (χ4v) is 4.18. The third-order valence-electron chi connectivity index (χ3n) is 4.04. The summed E-state index contributed by atoms with van der Waals surface area (Å²) in [4.78, 5) is 7.72. The highest BCUT2D eigenvalue weighted by Gasteiger charge is 2.41. The molecule has 3 aromatic rings. The number of halogens is 1. The Hall–Kier alpha value is -2.31. The molecule has 0 radical (unpaired) electrons. The Morgan fingerprint density at radius 3 is 2.58 bits per heavy atom. The van der Waals surface area contributed by atoms with Gasteiger partial charge in [-0.05, 0) is 60.1 Å². The van der Waals surface area contributed by atoms with Crippen LogP contribution in [0.15, 0.2) is 66.2 Å². The number of nitrogens with one attached hydrogen (secondary N) is 1. The quantitative estimate of drug-likeness (QED) is 0.702. The van der Waals surface area contributed by atoms with Gasteiger partial charge in [0.05, 0.1) is 17.8 Å². The third kappa shape index (κ3) is 2.68. The average molecular weight is 355 g/mol. The summed E-state index contributed by atoms with van der Waals surface area (Å²) in [6.07, 6.45) is 1.78. The van der Waals surface area contributed by atoms with Gasteiger partial charge in [0.15, 0.2) is 5.11 Å². The number of benzene rings is 1. The second-order valence-corrected chi connectivity index (χ2v) is 6.85. The van der Waals surface area contributed by atoms with Crippen LogP contribution >= 0.6 is 23.6 Å². The maximum Gasteiger partial charge on any atom is 0.174 e. The number of nitrogens with zero attached hydrogens (tertiary/aromatic N) is 2. The maximum atomic E-state index is 13.3. The molecule has 0 aliphatic carbocycles. The van der Waals surface area contributed by atoms with Crippen molar-refractivity contribution in [2.45, 2.75) is 12.1 Å². The zero-order valence-electron chi connectivity index (χ0n) is 12.6. The van der Waals surface area contributed by atoms with Crippen LogP contribution in [0, 0.1) is 5.82 Å². The van der Waals surface area contributed by atoms with Gasteiger partial charge in [-0.2, -0.15) is 0 Å². The number of rotatable bonds is 3. The van der Waals surface area contributed by atoms with Gasteiger partial charge in [0.2, 0.25) is 0 Å². The Morgan fingerprint density at radius 2 is 1.92 bits per heavy atom. The van der Waals surface area contributed by atoms with Gasteiger partial charge >= 0.3 is 0 Å². The van der Waals surface area contributed by atoms with Gasteiger partial charge in [0.1, 0.15) is 5.82 Å². The lowest BCUT2D eigenvalue weighted by Gasteiger charge is -2.26. The van der Waals surface area contributed by atoms with E-state index in [1.54, 1.807) is 29.7 Å². The van der Waals surface area contributed by atoms with Gasteiger partial charge in [0.25, 0.3) is 0 Å². The number of aromatic nitrogens is 1. The molecule has 1 N–H and O–H groups in total. The second-order valence-electron chi connectivity index (χ2n) is 5.49. The van der Waals surface area contributed by atoms with Crippen LogP contribution in [0.25, 0.3) is 0 Å². The molecule has 24 heavy (non-hydrogen) atoms. The highest BCUT2D eigenvalue weighted by Crippen LogP contribution is 2.42. The molecule has 0 spiro atoms. The normalized spacial score (nSPS) is 20.2. The van der Waals surface area contributed by atoms with E-state index in [4.69, 9.17) is 12.2 Å². The van der Waals surface area contributed by atoms with Crippen molar-refractivity contribution >= 4 is 34.4 Å². The largest absolute Gasteiger partial charge is 0.351 e. The Kier molecular flexibility index (Phi) is 4.00. The van der Waals surface area contributed by atoms with Crippen LogP contribution < -0.4 is 10.2 Å². The highest BCUT2D eigenvalue weighted by molar-refractivity contribution is 7.80. The Labute approximate surface area is 148 Å². The number of hydrogen-bond donors (Lipinski definition) is 1. The molecule has 1 aliphatic rings. The van der Waals surface area contributed by atoms with Crippen LogP contribution in [0.3, 0.4) is 0 Å². The standard InChI is InChI=1S/C18H14FN3S2/c19-12-6-8-13(9-7-12)22-17(15-5-3-11-24-15)16(21-18(22)23)14-4-1-2-10-20-14/h1-11,16-17H,(H,21,23)/t16-,17+/m1/s1. The molecular formula is C18H14FN3S2. The zero-order valence-corrected chi connectivity index (χ0v) is 14.2. The van der Waals surface area contributed by atoms with E-state index in [1.807, 2.05) is 29.2 Å². The minimum absolute atomic E-state index is 0.0159. The van der Waals surface area contributed by atoms with E-state index < -0.39 is 0 Å². The fraction of sp³-hybridized carbons (Fsp3) is 0.111. The minimum Gasteiger partial charge on any atom is -0.351 e. The molecule has 1 fully saturated rings. The van der Waals surface area contributed by atoms with Crippen molar-refractivity contribution in [1.29, 1.82) is 0 Å². The molecule has 0 bridgehead atoms. The van der Waals surface area contributed by atoms with Crippen LogP contribution in [0.5, 0.6) is 0 Å². The summed E-state index contributed by atoms with van der Waals surface area (Å²) in [5, 5.41) is 6.05. The Morgan fingerprint density at radius 1 is 1.08 bits per heavy atom. The lowest BCUT2D eigenvalue weighted by molar-refractivity contribution is 0.575. The van der Waals surface area contributed by atoms with Crippen LogP contribution in [0.1, 0.15) is 22.7 Å². The summed E-state index contributed by atoms with van der Waals surface area (Å²) < 4.78 is 13.3. The molecule has 3 nitrogen and oxygen atoms in total. The summed E-state index contributed by atoms with van der Waals surface area (Å²) in [6, 6.07) is 16.3.